The minimum absolute atomic E-state index is 0.122. The minimum Gasteiger partial charge on any atom is -0.504 e. The van der Waals surface area contributed by atoms with E-state index in [1.54, 1.807) is 6.07 Å². The van der Waals surface area contributed by atoms with Crippen LogP contribution in [0.4, 0.5) is 0 Å². The van der Waals surface area contributed by atoms with Crippen LogP contribution in [-0.4, -0.2) is 63.3 Å². The number of rotatable bonds is 2. The second-order valence-corrected chi connectivity index (χ2v) is 10.5. The summed E-state index contributed by atoms with van der Waals surface area (Å²) >= 11 is 0. The molecule has 1 saturated heterocycles. The van der Waals surface area contributed by atoms with E-state index in [0.717, 1.165) is 41.9 Å². The van der Waals surface area contributed by atoms with Gasteiger partial charge in [0, 0.05) is 24.3 Å². The molecule has 3 aliphatic carbocycles. The Balaban J connectivity index is 1.60. The van der Waals surface area contributed by atoms with E-state index >= 15 is 0 Å². The maximum absolute atomic E-state index is 12.3. The lowest BCUT2D eigenvalue weighted by molar-refractivity contribution is -0.950. The Hall–Kier alpha value is -1.30. The molecule has 2 bridgehead atoms. The number of quaternary nitrogens is 1. The van der Waals surface area contributed by atoms with Crippen molar-refractivity contribution in [3.8, 4) is 11.5 Å². The Kier molecular flexibility index (Phi) is 2.86. The second-order valence-electron chi connectivity index (χ2n) is 10.5. The number of hydrogen-bond donors (Lipinski definition) is 3. The van der Waals surface area contributed by atoms with Crippen molar-refractivity contribution in [2.75, 3.05) is 20.1 Å². The van der Waals surface area contributed by atoms with Crippen LogP contribution in [0.15, 0.2) is 12.1 Å². The fraction of sp³-hybridized carbons (Fsp3) is 0.727. The summed E-state index contributed by atoms with van der Waals surface area (Å²) < 4.78 is 7.21. The van der Waals surface area contributed by atoms with Gasteiger partial charge >= 0.3 is 0 Å². The first kappa shape index (κ1) is 16.6. The van der Waals surface area contributed by atoms with Crippen LogP contribution in [0.2, 0.25) is 0 Å². The quantitative estimate of drug-likeness (QED) is 0.693. The van der Waals surface area contributed by atoms with Crippen LogP contribution < -0.4 is 4.74 Å². The molecule has 3 N–H and O–H groups in total. The maximum atomic E-state index is 12.3. The smallest absolute Gasteiger partial charge is 0.165 e. The topological polar surface area (TPSA) is 69.9 Å². The van der Waals surface area contributed by atoms with E-state index in [-0.39, 0.29) is 11.8 Å². The molecule has 1 unspecified atom stereocenters. The number of likely N-dealkylation sites (tertiary alicyclic amines) is 1. The molecule has 146 valence electrons. The number of benzene rings is 1. The van der Waals surface area contributed by atoms with Crippen molar-refractivity contribution in [1.29, 1.82) is 0 Å². The number of aromatic hydroxyl groups is 1. The van der Waals surface area contributed by atoms with Gasteiger partial charge < -0.3 is 24.5 Å². The van der Waals surface area contributed by atoms with Crippen molar-refractivity contribution in [1.82, 2.24) is 0 Å². The molecule has 2 saturated carbocycles. The summed E-state index contributed by atoms with van der Waals surface area (Å²) in [5.74, 6) is 1.44. The number of likely N-dealkylation sites (N-methyl/N-ethyl adjacent to an activating group) is 1. The van der Waals surface area contributed by atoms with Gasteiger partial charge in [-0.15, -0.1) is 0 Å². The number of nitrogens with zero attached hydrogens (tertiary/aromatic N) is 1. The van der Waals surface area contributed by atoms with Gasteiger partial charge in [-0.1, -0.05) is 6.07 Å². The molecular weight excluding hydrogens is 342 g/mol. The van der Waals surface area contributed by atoms with Crippen molar-refractivity contribution in [2.24, 2.45) is 5.92 Å². The van der Waals surface area contributed by atoms with Crippen LogP contribution in [0.25, 0.3) is 0 Å². The van der Waals surface area contributed by atoms with Gasteiger partial charge in [0.05, 0.1) is 31.2 Å². The van der Waals surface area contributed by atoms with Gasteiger partial charge in [-0.05, 0) is 44.2 Å². The van der Waals surface area contributed by atoms with E-state index in [1.807, 2.05) is 13.0 Å². The van der Waals surface area contributed by atoms with Gasteiger partial charge in [0.1, 0.15) is 17.7 Å². The largest absolute Gasteiger partial charge is 0.504 e. The Labute approximate surface area is 160 Å². The molecule has 5 aliphatic rings. The lowest BCUT2D eigenvalue weighted by atomic mass is 9.46. The number of aliphatic hydroxyl groups is 2. The zero-order valence-corrected chi connectivity index (χ0v) is 16.2. The van der Waals surface area contributed by atoms with Crippen LogP contribution >= 0.6 is 0 Å². The van der Waals surface area contributed by atoms with E-state index < -0.39 is 22.7 Å². The normalized spacial score (nSPS) is 49.5. The third-order valence-corrected chi connectivity index (χ3v) is 8.81. The van der Waals surface area contributed by atoms with E-state index in [2.05, 4.69) is 7.05 Å². The predicted molar refractivity (Wildman–Crippen MR) is 99.8 cm³/mol. The molecule has 6 rings (SSSR count). The zero-order chi connectivity index (χ0) is 18.8. The molecule has 0 radical (unpaired) electrons. The van der Waals surface area contributed by atoms with Crippen LogP contribution in [0.1, 0.15) is 50.2 Å². The van der Waals surface area contributed by atoms with Gasteiger partial charge in [0.2, 0.25) is 0 Å². The zero-order valence-electron chi connectivity index (χ0n) is 16.2. The highest BCUT2D eigenvalue weighted by Gasteiger charge is 2.78. The standard InChI is InChI=1S/C22H29NO4/c1-20(25)7-8-22(26)16-11-14-5-6-15(24)18-17(14)21(22,19(20)27-18)9-10-23(16,2)12-13-3-4-13/h5-6,13,16,19,25-26H,3-4,7-12H2,1-2H3/p+1/t16-,19+,20?,21+,22-,23-/m1/s1. The molecule has 5 heteroatoms. The van der Waals surface area contributed by atoms with Gasteiger partial charge in [-0.2, -0.15) is 0 Å². The molecule has 27 heavy (non-hydrogen) atoms. The summed E-state index contributed by atoms with van der Waals surface area (Å²) in [5, 5.41) is 34.0. The summed E-state index contributed by atoms with van der Waals surface area (Å²) in [6, 6.07) is 3.86. The second kappa shape index (κ2) is 4.64. The lowest BCUT2D eigenvalue weighted by Gasteiger charge is -2.66. The monoisotopic (exact) mass is 372 g/mol. The molecular formula is C22H30NO4+. The molecule has 0 aromatic heterocycles. The van der Waals surface area contributed by atoms with E-state index in [4.69, 9.17) is 4.74 Å². The Morgan fingerprint density at radius 2 is 1.96 bits per heavy atom. The highest BCUT2D eigenvalue weighted by Crippen LogP contribution is 2.67. The number of piperidine rings is 1. The van der Waals surface area contributed by atoms with Crippen molar-refractivity contribution in [2.45, 2.75) is 74.2 Å². The van der Waals surface area contributed by atoms with Crippen LogP contribution in [0.5, 0.6) is 11.5 Å². The highest BCUT2D eigenvalue weighted by molar-refractivity contribution is 5.62. The number of phenols is 1. The maximum Gasteiger partial charge on any atom is 0.165 e. The third-order valence-electron chi connectivity index (χ3n) is 8.81. The molecule has 3 fully saturated rings. The predicted octanol–water partition coefficient (Wildman–Crippen LogP) is 1.85. The van der Waals surface area contributed by atoms with Crippen molar-refractivity contribution < 1.29 is 24.5 Å². The fourth-order valence-corrected chi connectivity index (χ4v) is 7.39. The highest BCUT2D eigenvalue weighted by atomic mass is 16.5. The van der Waals surface area contributed by atoms with Gasteiger partial charge in [-0.3, -0.25) is 0 Å². The summed E-state index contributed by atoms with van der Waals surface area (Å²) in [4.78, 5) is 0. The van der Waals surface area contributed by atoms with E-state index in [9.17, 15) is 15.3 Å². The van der Waals surface area contributed by atoms with Crippen LogP contribution in [0.3, 0.4) is 0 Å². The molecule has 2 aliphatic heterocycles. The average Bonchev–Trinajstić information content (AvgIpc) is 3.32. The van der Waals surface area contributed by atoms with Gasteiger partial charge in [0.15, 0.2) is 11.5 Å². The molecule has 2 heterocycles. The number of hydrogen-bond acceptors (Lipinski definition) is 4. The van der Waals surface area contributed by atoms with Gasteiger partial charge in [0.25, 0.3) is 0 Å². The Morgan fingerprint density at radius 1 is 1.19 bits per heavy atom. The first-order valence-electron chi connectivity index (χ1n) is 10.5. The molecule has 0 amide bonds. The first-order chi connectivity index (χ1) is 12.7. The molecule has 1 aromatic rings. The molecule has 6 atom stereocenters. The number of phenolic OH excluding ortho intramolecular Hbond substituents is 1. The van der Waals surface area contributed by atoms with Crippen LogP contribution in [-0.2, 0) is 11.8 Å². The fourth-order valence-electron chi connectivity index (χ4n) is 7.39. The first-order valence-corrected chi connectivity index (χ1v) is 10.5. The summed E-state index contributed by atoms with van der Waals surface area (Å²) in [6.45, 7) is 3.98. The van der Waals surface area contributed by atoms with Crippen molar-refractivity contribution >= 4 is 0 Å². The van der Waals surface area contributed by atoms with E-state index in [0.29, 0.717) is 18.6 Å². The third kappa shape index (κ3) is 1.77. The molecule has 1 aromatic carbocycles. The lowest BCUT2D eigenvalue weighted by Crippen LogP contribution is -2.82. The SMILES string of the molecule is CC1(O)CC[C@@]2(O)[C@H]3Cc4ccc(O)c5c4[C@@]2(CC[N@+]3(C)CC2CC2)[C@H]1O5. The van der Waals surface area contributed by atoms with Crippen molar-refractivity contribution in [3.05, 3.63) is 23.3 Å². The van der Waals surface area contributed by atoms with Crippen molar-refractivity contribution in [3.63, 3.8) is 0 Å². The van der Waals surface area contributed by atoms with Gasteiger partial charge in [-0.25, -0.2) is 0 Å². The van der Waals surface area contributed by atoms with E-state index in [1.165, 1.54) is 18.4 Å². The van der Waals surface area contributed by atoms with Crippen LogP contribution in [0, 0.1) is 5.92 Å². The summed E-state index contributed by atoms with van der Waals surface area (Å²) in [7, 11) is 2.33. The summed E-state index contributed by atoms with van der Waals surface area (Å²) in [6.07, 6.45) is 4.88. The molecule has 1 spiro atoms. The Bertz CT molecular complexity index is 849. The number of ether oxygens (including phenoxy) is 1. The summed E-state index contributed by atoms with van der Waals surface area (Å²) in [5.41, 5.74) is -0.328. The Morgan fingerprint density at radius 3 is 2.70 bits per heavy atom. The minimum atomic E-state index is -1.01. The average molecular weight is 372 g/mol. The molecule has 5 nitrogen and oxygen atoms in total.